The Balaban J connectivity index is 1.77. The van der Waals surface area contributed by atoms with Crippen molar-refractivity contribution in [2.24, 2.45) is 5.10 Å². The van der Waals surface area contributed by atoms with E-state index in [1.165, 1.54) is 10.8 Å². The van der Waals surface area contributed by atoms with Gasteiger partial charge in [-0.15, -0.1) is 0 Å². The molecule has 4 aromatic rings. The first kappa shape index (κ1) is 15.2. The molecular weight excluding hydrogens is 304 g/mol. The Bertz CT molecular complexity index is 947. The number of benzene rings is 4. The van der Waals surface area contributed by atoms with Crippen LogP contribution in [0.25, 0.3) is 10.8 Å². The smallest absolute Gasteiger partial charge is 0.0652 e. The van der Waals surface area contributed by atoms with Crippen LogP contribution in [-0.4, -0.2) is 6.21 Å². The molecule has 0 spiro atoms. The molecule has 0 aliphatic heterocycles. The van der Waals surface area contributed by atoms with E-state index in [1.807, 2.05) is 47.6 Å². The summed E-state index contributed by atoms with van der Waals surface area (Å²) in [5.41, 5.74) is 3.17. The molecular formula is C23H18N2. The zero-order valence-electron chi connectivity index (χ0n) is 13.8. The van der Waals surface area contributed by atoms with E-state index in [0.29, 0.717) is 0 Å². The number of hydrogen-bond acceptors (Lipinski definition) is 2. The third kappa shape index (κ3) is 3.29. The lowest BCUT2D eigenvalue weighted by atomic mass is 10.1. The summed E-state index contributed by atoms with van der Waals surface area (Å²) in [6.07, 6.45) is 1.93. The van der Waals surface area contributed by atoms with Crippen molar-refractivity contribution in [1.29, 1.82) is 0 Å². The number of rotatable bonds is 4. The van der Waals surface area contributed by atoms with E-state index >= 15 is 0 Å². The zero-order valence-corrected chi connectivity index (χ0v) is 13.8. The van der Waals surface area contributed by atoms with Crippen molar-refractivity contribution < 1.29 is 0 Å². The Morgan fingerprint density at radius 1 is 0.560 bits per heavy atom. The lowest BCUT2D eigenvalue weighted by Crippen LogP contribution is -2.09. The highest BCUT2D eigenvalue weighted by molar-refractivity contribution is 6.00. The monoisotopic (exact) mass is 322 g/mol. The quantitative estimate of drug-likeness (QED) is 0.332. The largest absolute Gasteiger partial charge is 0.234 e. The molecule has 2 nitrogen and oxygen atoms in total. The highest BCUT2D eigenvalue weighted by Gasteiger charge is 2.07. The molecule has 120 valence electrons. The van der Waals surface area contributed by atoms with E-state index in [9.17, 15) is 0 Å². The minimum atomic E-state index is 1.03. The third-order valence-corrected chi connectivity index (χ3v) is 4.14. The van der Waals surface area contributed by atoms with Crippen LogP contribution in [0.3, 0.4) is 0 Å². The van der Waals surface area contributed by atoms with Gasteiger partial charge in [0.25, 0.3) is 0 Å². The van der Waals surface area contributed by atoms with Gasteiger partial charge in [0, 0.05) is 5.56 Å². The van der Waals surface area contributed by atoms with Crippen LogP contribution in [0.2, 0.25) is 0 Å². The molecule has 0 fully saturated rings. The fraction of sp³-hybridized carbons (Fsp3) is 0. The predicted molar refractivity (Wildman–Crippen MR) is 107 cm³/mol. The normalized spacial score (nSPS) is 11.0. The molecule has 25 heavy (non-hydrogen) atoms. The second kappa shape index (κ2) is 7.02. The fourth-order valence-corrected chi connectivity index (χ4v) is 2.90. The van der Waals surface area contributed by atoms with Crippen molar-refractivity contribution in [1.82, 2.24) is 0 Å². The second-order valence-electron chi connectivity index (χ2n) is 5.80. The van der Waals surface area contributed by atoms with Gasteiger partial charge < -0.3 is 0 Å². The van der Waals surface area contributed by atoms with Gasteiger partial charge in [-0.25, -0.2) is 5.01 Å². The summed E-state index contributed by atoms with van der Waals surface area (Å²) in [5.74, 6) is 0. The summed E-state index contributed by atoms with van der Waals surface area (Å²) >= 11 is 0. The number of para-hydroxylation sites is 2. The van der Waals surface area contributed by atoms with Crippen LogP contribution >= 0.6 is 0 Å². The molecule has 0 saturated carbocycles. The number of anilines is 2. The van der Waals surface area contributed by atoms with Crippen molar-refractivity contribution in [2.45, 2.75) is 0 Å². The lowest BCUT2D eigenvalue weighted by Gasteiger charge is -2.19. The van der Waals surface area contributed by atoms with Gasteiger partial charge in [0.15, 0.2) is 0 Å². The van der Waals surface area contributed by atoms with Gasteiger partial charge in [-0.2, -0.15) is 5.10 Å². The maximum absolute atomic E-state index is 4.79. The molecule has 0 aromatic heterocycles. The van der Waals surface area contributed by atoms with E-state index in [0.717, 1.165) is 16.9 Å². The van der Waals surface area contributed by atoms with Gasteiger partial charge in [-0.3, -0.25) is 0 Å². The van der Waals surface area contributed by atoms with Crippen molar-refractivity contribution in [2.75, 3.05) is 5.01 Å². The molecule has 0 atom stereocenters. The molecule has 0 saturated heterocycles. The van der Waals surface area contributed by atoms with Gasteiger partial charge in [-0.1, -0.05) is 78.9 Å². The average molecular weight is 322 g/mol. The summed E-state index contributed by atoms with van der Waals surface area (Å²) in [4.78, 5) is 0. The van der Waals surface area contributed by atoms with Crippen LogP contribution in [0.1, 0.15) is 5.56 Å². The Morgan fingerprint density at radius 3 is 1.80 bits per heavy atom. The predicted octanol–water partition coefficient (Wildman–Crippen LogP) is 6.01. The Hall–Kier alpha value is -3.39. The third-order valence-electron chi connectivity index (χ3n) is 4.14. The SMILES string of the molecule is C(=N\N(c1ccccc1)c1ccccc1)/c1cccc2ccccc12. The minimum Gasteiger partial charge on any atom is -0.234 e. The van der Waals surface area contributed by atoms with E-state index in [-0.39, 0.29) is 0 Å². The molecule has 0 bridgehead atoms. The number of fused-ring (bicyclic) bond motifs is 1. The van der Waals surface area contributed by atoms with Crippen molar-refractivity contribution >= 4 is 28.4 Å². The summed E-state index contributed by atoms with van der Waals surface area (Å²) in [6.45, 7) is 0. The molecule has 0 heterocycles. The molecule has 4 aromatic carbocycles. The van der Waals surface area contributed by atoms with Crippen LogP contribution in [-0.2, 0) is 0 Å². The zero-order chi connectivity index (χ0) is 16.9. The number of hydrogen-bond donors (Lipinski definition) is 0. The molecule has 0 amide bonds. The molecule has 0 radical (unpaired) electrons. The summed E-state index contributed by atoms with van der Waals surface area (Å²) in [5, 5.41) is 9.18. The van der Waals surface area contributed by atoms with Crippen LogP contribution in [0, 0.1) is 0 Å². The Morgan fingerprint density at radius 2 is 1.12 bits per heavy atom. The number of nitrogens with zero attached hydrogens (tertiary/aromatic N) is 2. The first-order valence-corrected chi connectivity index (χ1v) is 8.34. The Kier molecular flexibility index (Phi) is 4.25. The maximum atomic E-state index is 4.79. The minimum absolute atomic E-state index is 1.03. The van der Waals surface area contributed by atoms with Crippen LogP contribution in [0.15, 0.2) is 108 Å². The standard InChI is InChI=1S/C23H18N2/c1-3-13-21(14-4-1)25(22-15-5-2-6-16-22)24-18-20-12-9-11-19-10-7-8-17-23(19)20/h1-18H/b24-18+. The van der Waals surface area contributed by atoms with E-state index in [1.54, 1.807) is 0 Å². The molecule has 0 aliphatic rings. The molecule has 0 aliphatic carbocycles. The van der Waals surface area contributed by atoms with Crippen molar-refractivity contribution in [3.63, 3.8) is 0 Å². The van der Waals surface area contributed by atoms with Crippen LogP contribution < -0.4 is 5.01 Å². The summed E-state index contributed by atoms with van der Waals surface area (Å²) in [7, 11) is 0. The van der Waals surface area contributed by atoms with Crippen molar-refractivity contribution in [3.8, 4) is 0 Å². The molecule has 2 heteroatoms. The lowest BCUT2D eigenvalue weighted by molar-refractivity contribution is 1.09. The second-order valence-corrected chi connectivity index (χ2v) is 5.80. The fourth-order valence-electron chi connectivity index (χ4n) is 2.90. The Labute approximate surface area is 147 Å². The first-order chi connectivity index (χ1) is 12.4. The summed E-state index contributed by atoms with van der Waals surface area (Å²) in [6, 6.07) is 35.1. The van der Waals surface area contributed by atoms with Gasteiger partial charge in [-0.05, 0) is 35.0 Å². The first-order valence-electron chi connectivity index (χ1n) is 8.34. The van der Waals surface area contributed by atoms with E-state index in [2.05, 4.69) is 66.7 Å². The van der Waals surface area contributed by atoms with Crippen LogP contribution in [0.4, 0.5) is 11.4 Å². The molecule has 0 N–H and O–H groups in total. The van der Waals surface area contributed by atoms with E-state index in [4.69, 9.17) is 5.10 Å². The summed E-state index contributed by atoms with van der Waals surface area (Å²) < 4.78 is 0. The van der Waals surface area contributed by atoms with Crippen molar-refractivity contribution in [3.05, 3.63) is 109 Å². The molecule has 0 unspecified atom stereocenters. The van der Waals surface area contributed by atoms with E-state index < -0.39 is 0 Å². The maximum Gasteiger partial charge on any atom is 0.0652 e. The molecule has 4 rings (SSSR count). The van der Waals surface area contributed by atoms with Gasteiger partial charge in [0.1, 0.15) is 0 Å². The average Bonchev–Trinajstić information content (AvgIpc) is 2.70. The van der Waals surface area contributed by atoms with Gasteiger partial charge in [0.05, 0.1) is 17.6 Å². The topological polar surface area (TPSA) is 15.6 Å². The highest BCUT2D eigenvalue weighted by atomic mass is 15.5. The highest BCUT2D eigenvalue weighted by Crippen LogP contribution is 2.25. The number of hydrazone groups is 1. The van der Waals surface area contributed by atoms with Gasteiger partial charge in [0.2, 0.25) is 0 Å². The van der Waals surface area contributed by atoms with Gasteiger partial charge >= 0.3 is 0 Å². The van der Waals surface area contributed by atoms with Crippen LogP contribution in [0.5, 0.6) is 0 Å².